The summed E-state index contributed by atoms with van der Waals surface area (Å²) in [7, 11) is 0. The summed E-state index contributed by atoms with van der Waals surface area (Å²) in [4.78, 5) is 38.8. The zero-order valence-corrected chi connectivity index (χ0v) is 19.2. The summed E-state index contributed by atoms with van der Waals surface area (Å²) in [6.45, 7) is 0.897. The summed E-state index contributed by atoms with van der Waals surface area (Å²) in [6, 6.07) is 4.84. The third-order valence-electron chi connectivity index (χ3n) is 6.87. The van der Waals surface area contributed by atoms with E-state index in [4.69, 9.17) is 11.6 Å². The number of imide groups is 1. The average Bonchev–Trinajstić information content (AvgIpc) is 3.43. The van der Waals surface area contributed by atoms with Crippen molar-refractivity contribution in [3.8, 4) is 11.4 Å². The van der Waals surface area contributed by atoms with Crippen molar-refractivity contribution >= 4 is 35.1 Å². The van der Waals surface area contributed by atoms with Gasteiger partial charge in [0, 0.05) is 37.2 Å². The molecule has 2 aromatic rings. The molecule has 0 bridgehead atoms. The van der Waals surface area contributed by atoms with Crippen LogP contribution < -0.4 is 10.6 Å². The number of aromatic nitrogens is 3. The summed E-state index contributed by atoms with van der Waals surface area (Å²) in [5.41, 5.74) is 0.539. The predicted molar refractivity (Wildman–Crippen MR) is 123 cm³/mol. The first kappa shape index (κ1) is 21.9. The molecule has 0 radical (unpaired) electrons. The summed E-state index contributed by atoms with van der Waals surface area (Å²) in [5.74, 6) is 1.17. The normalized spacial score (nSPS) is 19.5. The first-order valence-corrected chi connectivity index (χ1v) is 12.0. The molecule has 0 unspecified atom stereocenters. The Labute approximate surface area is 196 Å². The topological polar surface area (TPSA) is 109 Å². The maximum absolute atomic E-state index is 12.7. The van der Waals surface area contributed by atoms with Crippen molar-refractivity contribution in [1.29, 1.82) is 0 Å². The molecule has 1 aromatic carbocycles. The fraction of sp³-hybridized carbons (Fsp3) is 0.522. The Morgan fingerprint density at radius 2 is 1.94 bits per heavy atom. The Hall–Kier alpha value is -2.94. The molecule has 3 aliphatic rings. The molecule has 174 valence electrons. The first-order valence-electron chi connectivity index (χ1n) is 11.6. The number of rotatable bonds is 5. The van der Waals surface area contributed by atoms with Crippen LogP contribution >= 0.6 is 11.6 Å². The molecule has 5 rings (SSSR count). The number of anilines is 1. The molecule has 2 fully saturated rings. The maximum atomic E-state index is 12.7. The van der Waals surface area contributed by atoms with Crippen LogP contribution in [0.25, 0.3) is 11.4 Å². The average molecular weight is 471 g/mol. The number of amides is 4. The van der Waals surface area contributed by atoms with E-state index < -0.39 is 11.6 Å². The van der Waals surface area contributed by atoms with Crippen LogP contribution in [0.15, 0.2) is 18.2 Å². The Balaban J connectivity index is 1.26. The number of carbonyl (C=O) groups is 3. The maximum Gasteiger partial charge on any atom is 0.325 e. The number of fused-ring (bicyclic) bond motifs is 1. The van der Waals surface area contributed by atoms with Crippen molar-refractivity contribution in [2.75, 3.05) is 11.9 Å². The third-order valence-corrected chi connectivity index (χ3v) is 7.20. The van der Waals surface area contributed by atoms with Gasteiger partial charge in [0.25, 0.3) is 5.91 Å². The van der Waals surface area contributed by atoms with Crippen LogP contribution in [0.1, 0.15) is 57.2 Å². The lowest BCUT2D eigenvalue weighted by Crippen LogP contribution is -2.44. The van der Waals surface area contributed by atoms with Gasteiger partial charge in [0.1, 0.15) is 11.4 Å². The highest BCUT2D eigenvalue weighted by Gasteiger charge is 2.52. The molecule has 10 heteroatoms. The SMILES string of the molecule is O=C(CCN1C(=O)NC2(CCCC2)C1=O)Nc1ccc(Cl)c(-c2nnc3n2CCCCC3)c1. The van der Waals surface area contributed by atoms with Crippen molar-refractivity contribution in [2.45, 2.75) is 69.9 Å². The van der Waals surface area contributed by atoms with Crippen molar-refractivity contribution in [1.82, 2.24) is 25.0 Å². The second kappa shape index (κ2) is 8.78. The molecule has 4 amide bonds. The summed E-state index contributed by atoms with van der Waals surface area (Å²) in [6.07, 6.45) is 7.42. The monoisotopic (exact) mass is 470 g/mol. The van der Waals surface area contributed by atoms with E-state index in [-0.39, 0.29) is 24.8 Å². The van der Waals surface area contributed by atoms with E-state index in [0.717, 1.165) is 50.9 Å². The van der Waals surface area contributed by atoms with Gasteiger partial charge in [0.05, 0.1) is 5.02 Å². The van der Waals surface area contributed by atoms with E-state index in [1.807, 2.05) is 0 Å². The summed E-state index contributed by atoms with van der Waals surface area (Å²) in [5, 5.41) is 14.9. The number of nitrogens with one attached hydrogen (secondary N) is 2. The first-order chi connectivity index (χ1) is 16.0. The largest absolute Gasteiger partial charge is 0.326 e. The van der Waals surface area contributed by atoms with Gasteiger partial charge in [-0.05, 0) is 43.9 Å². The molecular weight excluding hydrogens is 444 g/mol. The highest BCUT2D eigenvalue weighted by Crippen LogP contribution is 2.35. The van der Waals surface area contributed by atoms with Gasteiger partial charge in [0.15, 0.2) is 5.82 Å². The Bertz CT molecular complexity index is 1110. The lowest BCUT2D eigenvalue weighted by atomic mass is 9.98. The van der Waals surface area contributed by atoms with Gasteiger partial charge in [-0.15, -0.1) is 10.2 Å². The lowest BCUT2D eigenvalue weighted by molar-refractivity contribution is -0.131. The molecular formula is C23H27ClN6O3. The van der Waals surface area contributed by atoms with Crippen molar-refractivity contribution in [2.24, 2.45) is 0 Å². The van der Waals surface area contributed by atoms with E-state index in [1.165, 1.54) is 4.90 Å². The van der Waals surface area contributed by atoms with Crippen LogP contribution in [-0.4, -0.2) is 49.6 Å². The molecule has 2 aliphatic heterocycles. The minimum Gasteiger partial charge on any atom is -0.326 e. The number of hydrogen-bond acceptors (Lipinski definition) is 5. The lowest BCUT2D eigenvalue weighted by Gasteiger charge is -2.19. The van der Waals surface area contributed by atoms with Crippen molar-refractivity contribution in [3.05, 3.63) is 29.0 Å². The molecule has 0 atom stereocenters. The minimum absolute atomic E-state index is 0.0214. The van der Waals surface area contributed by atoms with Crippen LogP contribution in [0.4, 0.5) is 10.5 Å². The fourth-order valence-electron chi connectivity index (χ4n) is 5.09. The second-order valence-corrected chi connectivity index (χ2v) is 9.48. The molecule has 1 aliphatic carbocycles. The van der Waals surface area contributed by atoms with Gasteiger partial charge < -0.3 is 15.2 Å². The molecule has 33 heavy (non-hydrogen) atoms. The van der Waals surface area contributed by atoms with E-state index in [2.05, 4.69) is 25.4 Å². The number of carbonyl (C=O) groups excluding carboxylic acids is 3. The number of halogens is 1. The van der Waals surface area contributed by atoms with Crippen molar-refractivity contribution < 1.29 is 14.4 Å². The fourth-order valence-corrected chi connectivity index (χ4v) is 5.29. The summed E-state index contributed by atoms with van der Waals surface area (Å²) < 4.78 is 2.11. The molecule has 1 aromatic heterocycles. The molecule has 1 saturated carbocycles. The molecule has 1 saturated heterocycles. The second-order valence-electron chi connectivity index (χ2n) is 9.07. The zero-order valence-electron chi connectivity index (χ0n) is 18.4. The van der Waals surface area contributed by atoms with Crippen LogP contribution in [0.2, 0.25) is 5.02 Å². The number of benzene rings is 1. The van der Waals surface area contributed by atoms with Gasteiger partial charge in [-0.1, -0.05) is 30.9 Å². The minimum atomic E-state index is -0.755. The van der Waals surface area contributed by atoms with Gasteiger partial charge >= 0.3 is 6.03 Å². The van der Waals surface area contributed by atoms with Crippen LogP contribution in [0.5, 0.6) is 0 Å². The van der Waals surface area contributed by atoms with Crippen LogP contribution in [-0.2, 0) is 22.6 Å². The van der Waals surface area contributed by atoms with Crippen molar-refractivity contribution in [3.63, 3.8) is 0 Å². The number of urea groups is 1. The quantitative estimate of drug-likeness (QED) is 0.650. The van der Waals surface area contributed by atoms with Gasteiger partial charge in [-0.3, -0.25) is 14.5 Å². The van der Waals surface area contributed by atoms with Gasteiger partial charge in [-0.2, -0.15) is 0 Å². The third kappa shape index (κ3) is 4.10. The number of nitrogens with zero attached hydrogens (tertiary/aromatic N) is 4. The molecule has 3 heterocycles. The molecule has 2 N–H and O–H groups in total. The Morgan fingerprint density at radius 1 is 1.12 bits per heavy atom. The van der Waals surface area contributed by atoms with Gasteiger partial charge in [0.2, 0.25) is 5.91 Å². The smallest absolute Gasteiger partial charge is 0.325 e. The zero-order chi connectivity index (χ0) is 23.0. The van der Waals surface area contributed by atoms with Gasteiger partial charge in [-0.25, -0.2) is 4.79 Å². The highest BCUT2D eigenvalue weighted by atomic mass is 35.5. The molecule has 1 spiro atoms. The Kier molecular flexibility index (Phi) is 5.82. The van der Waals surface area contributed by atoms with Crippen LogP contribution in [0.3, 0.4) is 0 Å². The predicted octanol–water partition coefficient (Wildman–Crippen LogP) is 3.52. The summed E-state index contributed by atoms with van der Waals surface area (Å²) >= 11 is 6.46. The number of hydrogen-bond donors (Lipinski definition) is 2. The molecule has 9 nitrogen and oxygen atoms in total. The van der Waals surface area contributed by atoms with E-state index in [1.54, 1.807) is 18.2 Å². The van der Waals surface area contributed by atoms with E-state index >= 15 is 0 Å². The Morgan fingerprint density at radius 3 is 2.76 bits per heavy atom. The van der Waals surface area contributed by atoms with Crippen LogP contribution in [0, 0.1) is 0 Å². The highest BCUT2D eigenvalue weighted by molar-refractivity contribution is 6.33. The standard InChI is InChI=1S/C23H27ClN6O3/c24-17-8-7-15(14-16(17)20-28-27-18-6-2-1-5-12-29(18)20)25-19(31)9-13-30-21(32)23(26-22(30)33)10-3-4-11-23/h7-8,14H,1-6,9-13H2,(H,25,31)(H,26,33). The number of aryl methyl sites for hydroxylation is 1. The van der Waals surface area contributed by atoms with E-state index in [0.29, 0.717) is 34.9 Å². The van der Waals surface area contributed by atoms with E-state index in [9.17, 15) is 14.4 Å².